The van der Waals surface area contributed by atoms with Gasteiger partial charge in [-0.1, -0.05) is 0 Å². The van der Waals surface area contributed by atoms with Gasteiger partial charge in [-0.15, -0.1) is 0 Å². The van der Waals surface area contributed by atoms with E-state index in [2.05, 4.69) is 0 Å². The molecule has 1 aliphatic rings. The van der Waals surface area contributed by atoms with Gasteiger partial charge >= 0.3 is 0 Å². The maximum atomic E-state index is 10.1. The van der Waals surface area contributed by atoms with Gasteiger partial charge in [0.05, 0.1) is 0 Å². The monoisotopic (exact) mass is 140 g/mol. The van der Waals surface area contributed by atoms with E-state index in [0.717, 1.165) is 6.29 Å². The first-order chi connectivity index (χ1) is 4.74. The summed E-state index contributed by atoms with van der Waals surface area (Å²) < 4.78 is 0. The van der Waals surface area contributed by atoms with Crippen LogP contribution >= 0.6 is 0 Å². The van der Waals surface area contributed by atoms with Crippen LogP contribution < -0.4 is 0 Å². The van der Waals surface area contributed by atoms with Crippen molar-refractivity contribution in [1.29, 1.82) is 0 Å². The third-order valence-electron chi connectivity index (χ3n) is 1.39. The zero-order valence-corrected chi connectivity index (χ0v) is 5.32. The van der Waals surface area contributed by atoms with Crippen LogP contribution in [0.3, 0.4) is 0 Å². The molecule has 0 aromatic heterocycles. The maximum Gasteiger partial charge on any atom is 0.153 e. The third-order valence-corrected chi connectivity index (χ3v) is 1.39. The fourth-order valence-electron chi connectivity index (χ4n) is 0.803. The number of aliphatic hydroxyl groups excluding tert-OH is 2. The number of hydrogen-bond donors (Lipinski definition) is 2. The minimum atomic E-state index is -0.282. The van der Waals surface area contributed by atoms with Crippen LogP contribution in [0, 0.1) is 5.92 Å². The van der Waals surface area contributed by atoms with E-state index in [9.17, 15) is 4.79 Å². The quantitative estimate of drug-likeness (QED) is 0.536. The SMILES string of the molecule is O=CC1C=C(O)C(O)=CC1. The van der Waals surface area contributed by atoms with E-state index in [1.54, 1.807) is 0 Å². The summed E-state index contributed by atoms with van der Waals surface area (Å²) in [4.78, 5) is 10.1. The Bertz CT molecular complexity index is 203. The smallest absolute Gasteiger partial charge is 0.153 e. The molecule has 0 amide bonds. The van der Waals surface area contributed by atoms with Crippen molar-refractivity contribution in [3.63, 3.8) is 0 Å². The van der Waals surface area contributed by atoms with Gasteiger partial charge in [0, 0.05) is 5.92 Å². The molecule has 10 heavy (non-hydrogen) atoms. The first-order valence-electron chi connectivity index (χ1n) is 2.99. The molecule has 1 rings (SSSR count). The summed E-state index contributed by atoms with van der Waals surface area (Å²) >= 11 is 0. The van der Waals surface area contributed by atoms with E-state index in [0.29, 0.717) is 6.42 Å². The summed E-state index contributed by atoms with van der Waals surface area (Å²) in [6, 6.07) is 0. The Kier molecular flexibility index (Phi) is 1.76. The van der Waals surface area contributed by atoms with E-state index in [1.165, 1.54) is 12.2 Å². The average Bonchev–Trinajstić information content (AvgIpc) is 1.95. The third kappa shape index (κ3) is 1.18. The van der Waals surface area contributed by atoms with Crippen LogP contribution in [0.2, 0.25) is 0 Å². The maximum absolute atomic E-state index is 10.1. The Morgan fingerprint density at radius 3 is 2.70 bits per heavy atom. The second kappa shape index (κ2) is 2.56. The highest BCUT2D eigenvalue weighted by Crippen LogP contribution is 2.17. The van der Waals surface area contributed by atoms with Crippen molar-refractivity contribution in [2.75, 3.05) is 0 Å². The number of rotatable bonds is 1. The van der Waals surface area contributed by atoms with Crippen molar-refractivity contribution in [3.05, 3.63) is 23.7 Å². The topological polar surface area (TPSA) is 57.5 Å². The van der Waals surface area contributed by atoms with Gasteiger partial charge in [0.15, 0.2) is 11.5 Å². The lowest BCUT2D eigenvalue weighted by atomic mass is 10.0. The molecule has 0 saturated carbocycles. The predicted molar refractivity (Wildman–Crippen MR) is 35.6 cm³/mol. The first kappa shape index (κ1) is 6.86. The fraction of sp³-hybridized carbons (Fsp3) is 0.286. The number of aldehydes is 1. The molecule has 0 radical (unpaired) electrons. The van der Waals surface area contributed by atoms with Crippen molar-refractivity contribution in [1.82, 2.24) is 0 Å². The van der Waals surface area contributed by atoms with E-state index in [1.807, 2.05) is 0 Å². The summed E-state index contributed by atoms with van der Waals surface area (Å²) in [7, 11) is 0. The summed E-state index contributed by atoms with van der Waals surface area (Å²) in [5, 5.41) is 17.7. The highest BCUT2D eigenvalue weighted by Gasteiger charge is 2.12. The molecule has 3 heteroatoms. The molecule has 0 bridgehead atoms. The van der Waals surface area contributed by atoms with Gasteiger partial charge in [-0.3, -0.25) is 0 Å². The number of aliphatic hydroxyl groups is 2. The molecular formula is C7H8O3. The molecular weight excluding hydrogens is 132 g/mol. The van der Waals surface area contributed by atoms with Gasteiger partial charge in [0.1, 0.15) is 6.29 Å². The van der Waals surface area contributed by atoms with Crippen molar-refractivity contribution in [3.8, 4) is 0 Å². The highest BCUT2D eigenvalue weighted by molar-refractivity contribution is 5.58. The van der Waals surface area contributed by atoms with Crippen LogP contribution in [0.25, 0.3) is 0 Å². The summed E-state index contributed by atoms with van der Waals surface area (Å²) in [5.74, 6) is -0.627. The lowest BCUT2D eigenvalue weighted by Gasteiger charge is -2.08. The largest absolute Gasteiger partial charge is 0.504 e. The second-order valence-corrected chi connectivity index (χ2v) is 2.18. The van der Waals surface area contributed by atoms with Gasteiger partial charge in [-0.25, -0.2) is 0 Å². The van der Waals surface area contributed by atoms with Crippen LogP contribution in [0.1, 0.15) is 6.42 Å². The molecule has 1 unspecified atom stereocenters. The van der Waals surface area contributed by atoms with Crippen LogP contribution in [-0.2, 0) is 4.79 Å². The summed E-state index contributed by atoms with van der Waals surface area (Å²) in [6.07, 6.45) is 3.97. The lowest BCUT2D eigenvalue weighted by Crippen LogP contribution is -2.04. The van der Waals surface area contributed by atoms with E-state index >= 15 is 0 Å². The van der Waals surface area contributed by atoms with Gasteiger partial charge in [0.25, 0.3) is 0 Å². The van der Waals surface area contributed by atoms with Gasteiger partial charge in [-0.05, 0) is 18.6 Å². The number of allylic oxidation sites excluding steroid dienone is 2. The molecule has 3 nitrogen and oxygen atoms in total. The molecule has 54 valence electrons. The second-order valence-electron chi connectivity index (χ2n) is 2.18. The van der Waals surface area contributed by atoms with Crippen LogP contribution in [0.15, 0.2) is 23.7 Å². The van der Waals surface area contributed by atoms with Crippen LogP contribution in [0.5, 0.6) is 0 Å². The predicted octanol–water partition coefficient (Wildman–Crippen LogP) is 1.09. The van der Waals surface area contributed by atoms with Crippen LogP contribution in [0.4, 0.5) is 0 Å². The lowest BCUT2D eigenvalue weighted by molar-refractivity contribution is -0.109. The van der Waals surface area contributed by atoms with Gasteiger partial charge < -0.3 is 15.0 Å². The molecule has 1 aliphatic carbocycles. The molecule has 2 N–H and O–H groups in total. The Hall–Kier alpha value is -1.25. The normalized spacial score (nSPS) is 25.0. The number of carbonyl (C=O) groups is 1. The van der Waals surface area contributed by atoms with Crippen LogP contribution in [-0.4, -0.2) is 16.5 Å². The van der Waals surface area contributed by atoms with Crippen molar-refractivity contribution < 1.29 is 15.0 Å². The molecule has 1 atom stereocenters. The molecule has 0 fully saturated rings. The van der Waals surface area contributed by atoms with E-state index < -0.39 is 0 Å². The summed E-state index contributed by atoms with van der Waals surface area (Å²) in [6.45, 7) is 0. The Morgan fingerprint density at radius 1 is 1.50 bits per heavy atom. The van der Waals surface area contributed by atoms with E-state index in [4.69, 9.17) is 10.2 Å². The summed E-state index contributed by atoms with van der Waals surface area (Å²) in [5.41, 5.74) is 0. The average molecular weight is 140 g/mol. The Morgan fingerprint density at radius 2 is 2.20 bits per heavy atom. The molecule has 0 aromatic carbocycles. The zero-order valence-electron chi connectivity index (χ0n) is 5.32. The standard InChI is InChI=1S/C7H8O3/c8-4-5-1-2-6(9)7(10)3-5/h2-5,9-10H,1H2. The minimum absolute atomic E-state index is 0.141. The first-order valence-corrected chi connectivity index (χ1v) is 2.99. The Labute approximate surface area is 58.3 Å². The Balaban J connectivity index is 2.75. The van der Waals surface area contributed by atoms with Crippen molar-refractivity contribution in [2.24, 2.45) is 5.92 Å². The molecule has 0 heterocycles. The number of carbonyl (C=O) groups excluding carboxylic acids is 1. The molecule has 0 aliphatic heterocycles. The molecule has 0 saturated heterocycles. The minimum Gasteiger partial charge on any atom is -0.504 e. The molecule has 0 spiro atoms. The zero-order chi connectivity index (χ0) is 7.56. The van der Waals surface area contributed by atoms with Crippen molar-refractivity contribution in [2.45, 2.75) is 6.42 Å². The molecule has 0 aromatic rings. The van der Waals surface area contributed by atoms with E-state index in [-0.39, 0.29) is 17.4 Å². The van der Waals surface area contributed by atoms with Gasteiger partial charge in [-0.2, -0.15) is 0 Å². The highest BCUT2D eigenvalue weighted by atomic mass is 16.3. The number of hydrogen-bond acceptors (Lipinski definition) is 3. The van der Waals surface area contributed by atoms with Crippen molar-refractivity contribution >= 4 is 6.29 Å². The van der Waals surface area contributed by atoms with Gasteiger partial charge in [0.2, 0.25) is 0 Å². The fourth-order valence-corrected chi connectivity index (χ4v) is 0.803.